The van der Waals surface area contributed by atoms with Crippen LogP contribution >= 0.6 is 23.1 Å². The molecule has 1 amide bonds. The van der Waals surface area contributed by atoms with Gasteiger partial charge in [0, 0.05) is 42.4 Å². The summed E-state index contributed by atoms with van der Waals surface area (Å²) >= 11 is 2.78. The number of aliphatic hydroxyl groups is 1. The third-order valence-corrected chi connectivity index (χ3v) is 6.62. The van der Waals surface area contributed by atoms with Gasteiger partial charge >= 0.3 is 5.97 Å². The molecule has 0 spiro atoms. The highest BCUT2D eigenvalue weighted by Crippen LogP contribution is 2.25. The maximum atomic E-state index is 12.2. The smallest absolute Gasteiger partial charge is 0.355 e. The third-order valence-electron chi connectivity index (χ3n) is 4.62. The van der Waals surface area contributed by atoms with E-state index in [9.17, 15) is 14.7 Å². The fourth-order valence-corrected chi connectivity index (χ4v) is 4.92. The number of benzene rings is 1. The van der Waals surface area contributed by atoms with Gasteiger partial charge < -0.3 is 20.4 Å². The Morgan fingerprint density at radius 3 is 3.04 bits per heavy atom. The number of carboxylic acid groups (broad SMARTS) is 1. The fourth-order valence-electron chi connectivity index (χ4n) is 3.11. The molecule has 2 heterocycles. The molecule has 9 heteroatoms. The SMILES string of the molecule is CC(O)c1cccc(NCC2CCC(=O)N2CCSc2nc(C(=O)O)cs2)c1. The number of thioether (sulfide) groups is 1. The minimum Gasteiger partial charge on any atom is -0.476 e. The number of hydrogen-bond acceptors (Lipinski definition) is 7. The number of hydrogen-bond donors (Lipinski definition) is 3. The van der Waals surface area contributed by atoms with Gasteiger partial charge in [0.2, 0.25) is 5.91 Å². The number of nitrogens with zero attached hydrogens (tertiary/aromatic N) is 2. The lowest BCUT2D eigenvalue weighted by Gasteiger charge is -2.25. The normalized spacial score (nSPS) is 17.7. The first-order valence-corrected chi connectivity index (χ1v) is 10.9. The van der Waals surface area contributed by atoms with Crippen LogP contribution in [0.15, 0.2) is 34.0 Å². The molecular formula is C19H23N3O4S2. The van der Waals surface area contributed by atoms with Gasteiger partial charge in [-0.2, -0.15) is 0 Å². The van der Waals surface area contributed by atoms with Crippen molar-refractivity contribution < 1.29 is 19.8 Å². The lowest BCUT2D eigenvalue weighted by atomic mass is 10.1. The Bertz CT molecular complexity index is 840. The third kappa shape index (κ3) is 5.24. The molecule has 28 heavy (non-hydrogen) atoms. The lowest BCUT2D eigenvalue weighted by Crippen LogP contribution is -2.39. The van der Waals surface area contributed by atoms with E-state index in [1.807, 2.05) is 29.2 Å². The molecule has 0 aliphatic carbocycles. The Morgan fingerprint density at radius 1 is 1.50 bits per heavy atom. The van der Waals surface area contributed by atoms with Gasteiger partial charge in [0.25, 0.3) is 0 Å². The van der Waals surface area contributed by atoms with Gasteiger partial charge in [-0.1, -0.05) is 23.9 Å². The second-order valence-electron chi connectivity index (χ2n) is 6.61. The van der Waals surface area contributed by atoms with Crippen LogP contribution in [0.25, 0.3) is 0 Å². The van der Waals surface area contributed by atoms with E-state index in [-0.39, 0.29) is 17.6 Å². The van der Waals surface area contributed by atoms with E-state index in [0.717, 1.165) is 17.7 Å². The average Bonchev–Trinajstić information content (AvgIpc) is 3.28. The summed E-state index contributed by atoms with van der Waals surface area (Å²) in [6.07, 6.45) is 0.842. The quantitative estimate of drug-likeness (QED) is 0.535. The molecule has 1 aliphatic heterocycles. The average molecular weight is 422 g/mol. The Morgan fingerprint density at radius 2 is 2.32 bits per heavy atom. The zero-order chi connectivity index (χ0) is 20.1. The van der Waals surface area contributed by atoms with Crippen LogP contribution in [0.3, 0.4) is 0 Å². The highest BCUT2D eigenvalue weighted by atomic mass is 32.2. The van der Waals surface area contributed by atoms with Crippen LogP contribution in [0.4, 0.5) is 5.69 Å². The van der Waals surface area contributed by atoms with E-state index in [1.165, 1.54) is 28.5 Å². The van der Waals surface area contributed by atoms with E-state index in [1.54, 1.807) is 6.92 Å². The van der Waals surface area contributed by atoms with Crippen LogP contribution in [-0.4, -0.2) is 56.9 Å². The second kappa shape index (κ2) is 9.40. The first-order chi connectivity index (χ1) is 13.4. The highest BCUT2D eigenvalue weighted by Gasteiger charge is 2.30. The summed E-state index contributed by atoms with van der Waals surface area (Å²) in [5.74, 6) is -0.203. The van der Waals surface area contributed by atoms with Crippen LogP contribution in [0.1, 0.15) is 41.9 Å². The molecule has 7 nitrogen and oxygen atoms in total. The Kier molecular flexibility index (Phi) is 6.93. The summed E-state index contributed by atoms with van der Waals surface area (Å²) in [6.45, 7) is 2.99. The second-order valence-corrected chi connectivity index (χ2v) is 8.81. The predicted molar refractivity (Wildman–Crippen MR) is 110 cm³/mol. The van der Waals surface area contributed by atoms with Crippen molar-refractivity contribution in [1.29, 1.82) is 0 Å². The molecule has 3 N–H and O–H groups in total. The van der Waals surface area contributed by atoms with Gasteiger partial charge in [-0.05, 0) is 31.0 Å². The van der Waals surface area contributed by atoms with Crippen molar-refractivity contribution in [1.82, 2.24) is 9.88 Å². The van der Waals surface area contributed by atoms with Crippen LogP contribution in [-0.2, 0) is 4.79 Å². The van der Waals surface area contributed by atoms with Gasteiger partial charge in [-0.15, -0.1) is 11.3 Å². The zero-order valence-corrected chi connectivity index (χ0v) is 17.1. The molecule has 1 aliphatic rings. The van der Waals surface area contributed by atoms with Crippen molar-refractivity contribution in [2.75, 3.05) is 24.2 Å². The fraction of sp³-hybridized carbons (Fsp3) is 0.421. The molecule has 1 aromatic carbocycles. The number of likely N-dealkylation sites (tertiary alicyclic amines) is 1. The minimum atomic E-state index is -1.02. The minimum absolute atomic E-state index is 0.0613. The van der Waals surface area contributed by atoms with Crippen molar-refractivity contribution in [3.8, 4) is 0 Å². The van der Waals surface area contributed by atoms with E-state index in [4.69, 9.17) is 5.11 Å². The van der Waals surface area contributed by atoms with Crippen molar-refractivity contribution in [3.63, 3.8) is 0 Å². The number of aromatic carboxylic acids is 1. The number of rotatable bonds is 9. The van der Waals surface area contributed by atoms with Crippen LogP contribution in [0, 0.1) is 0 Å². The number of carboxylic acids is 1. The monoisotopic (exact) mass is 421 g/mol. The summed E-state index contributed by atoms with van der Waals surface area (Å²) in [4.78, 5) is 29.1. The largest absolute Gasteiger partial charge is 0.476 e. The maximum absolute atomic E-state index is 12.2. The molecule has 1 aromatic heterocycles. The molecule has 1 fully saturated rings. The summed E-state index contributed by atoms with van der Waals surface area (Å²) in [7, 11) is 0. The Hall–Kier alpha value is -2.10. The molecule has 2 atom stereocenters. The van der Waals surface area contributed by atoms with Crippen molar-refractivity contribution >= 4 is 40.7 Å². The van der Waals surface area contributed by atoms with E-state index in [2.05, 4.69) is 10.3 Å². The Labute approximate surface area is 171 Å². The predicted octanol–water partition coefficient (Wildman–Crippen LogP) is 3.09. The van der Waals surface area contributed by atoms with Crippen molar-refractivity contribution in [2.45, 2.75) is 36.3 Å². The number of nitrogens with one attached hydrogen (secondary N) is 1. The summed E-state index contributed by atoms with van der Waals surface area (Å²) in [5.41, 5.74) is 1.84. The van der Waals surface area contributed by atoms with Gasteiger partial charge in [-0.3, -0.25) is 4.79 Å². The van der Waals surface area contributed by atoms with Gasteiger partial charge in [-0.25, -0.2) is 9.78 Å². The van der Waals surface area contributed by atoms with Crippen LogP contribution in [0.5, 0.6) is 0 Å². The number of thiazole rings is 1. The molecular weight excluding hydrogens is 398 g/mol. The number of carbonyl (C=O) groups is 2. The number of aliphatic hydroxyl groups excluding tert-OH is 1. The summed E-state index contributed by atoms with van der Waals surface area (Å²) < 4.78 is 0.702. The zero-order valence-electron chi connectivity index (χ0n) is 15.5. The molecule has 2 unspecified atom stereocenters. The van der Waals surface area contributed by atoms with Crippen molar-refractivity contribution in [3.05, 3.63) is 40.9 Å². The number of anilines is 1. The molecule has 3 rings (SSSR count). The highest BCUT2D eigenvalue weighted by molar-refractivity contribution is 8.01. The van der Waals surface area contributed by atoms with Crippen LogP contribution in [0.2, 0.25) is 0 Å². The number of amides is 1. The standard InChI is InChI=1S/C19H23N3O4S2/c1-12(23)13-3-2-4-14(9-13)20-10-15-5-6-17(24)22(15)7-8-27-19-21-16(11-28-19)18(25)26/h2-4,9,11-12,15,20,23H,5-8,10H2,1H3,(H,25,26). The topological polar surface area (TPSA) is 103 Å². The number of carbonyl (C=O) groups excluding carboxylic acids is 1. The van der Waals surface area contributed by atoms with Gasteiger partial charge in [0.1, 0.15) is 0 Å². The van der Waals surface area contributed by atoms with Crippen molar-refractivity contribution in [2.24, 2.45) is 0 Å². The first kappa shape index (κ1) is 20.6. The summed E-state index contributed by atoms with van der Waals surface area (Å²) in [6, 6.07) is 7.77. The maximum Gasteiger partial charge on any atom is 0.355 e. The molecule has 150 valence electrons. The van der Waals surface area contributed by atoms with E-state index in [0.29, 0.717) is 29.6 Å². The lowest BCUT2D eigenvalue weighted by molar-refractivity contribution is -0.128. The first-order valence-electron chi connectivity index (χ1n) is 9.07. The molecule has 0 saturated carbocycles. The summed E-state index contributed by atoms with van der Waals surface area (Å²) in [5, 5.41) is 23.5. The van der Waals surface area contributed by atoms with Crippen LogP contribution < -0.4 is 5.32 Å². The number of aromatic nitrogens is 1. The molecule has 1 saturated heterocycles. The van der Waals surface area contributed by atoms with E-state index < -0.39 is 12.1 Å². The van der Waals surface area contributed by atoms with Gasteiger partial charge in [0.15, 0.2) is 10.0 Å². The molecule has 2 aromatic rings. The Balaban J connectivity index is 1.51. The van der Waals surface area contributed by atoms with E-state index >= 15 is 0 Å². The molecule has 0 bridgehead atoms. The van der Waals surface area contributed by atoms with Gasteiger partial charge in [0.05, 0.1) is 6.10 Å². The molecule has 0 radical (unpaired) electrons.